The molecule has 0 saturated heterocycles. The number of aromatic nitrogens is 2. The van der Waals surface area contributed by atoms with Gasteiger partial charge in [0.2, 0.25) is 10.0 Å². The fraction of sp³-hybridized carbons (Fsp3) is 0.176. The van der Waals surface area contributed by atoms with Crippen molar-refractivity contribution in [3.05, 3.63) is 70.3 Å². The molecule has 0 saturated carbocycles. The third kappa shape index (κ3) is 3.52. The van der Waals surface area contributed by atoms with E-state index in [0.717, 1.165) is 5.56 Å². The Morgan fingerprint density at radius 3 is 2.71 bits per heavy atom. The highest BCUT2D eigenvalue weighted by Crippen LogP contribution is 2.10. The number of aryl methyl sites for hydroxylation is 1. The van der Waals surface area contributed by atoms with Crippen LogP contribution in [0.4, 0.5) is 0 Å². The molecule has 7 heteroatoms. The van der Waals surface area contributed by atoms with Gasteiger partial charge in [0.15, 0.2) is 0 Å². The van der Waals surface area contributed by atoms with Crippen LogP contribution in [-0.4, -0.2) is 24.9 Å². The van der Waals surface area contributed by atoms with Crippen LogP contribution in [0.2, 0.25) is 0 Å². The molecule has 0 bridgehead atoms. The number of benzene rings is 2. The lowest BCUT2D eigenvalue weighted by Gasteiger charge is -2.07. The maximum Gasteiger partial charge on any atom is 0.258 e. The highest BCUT2D eigenvalue weighted by atomic mass is 32.2. The number of aromatic amines is 1. The minimum atomic E-state index is -3.58. The first kappa shape index (κ1) is 16.4. The topological polar surface area (TPSA) is 91.9 Å². The standard InChI is InChI=1S/C17H17N3O3S/c1-12-5-4-6-13(11-12)24(22,23)18-10-9-16-19-15-8-3-2-7-14(15)17(21)20-16/h2-8,11,18H,9-10H2,1H3,(H,19,20,21). The predicted molar refractivity (Wildman–Crippen MR) is 92.4 cm³/mol. The van der Waals surface area contributed by atoms with Gasteiger partial charge in [-0.2, -0.15) is 0 Å². The summed E-state index contributed by atoms with van der Waals surface area (Å²) in [6, 6.07) is 13.7. The maximum atomic E-state index is 12.3. The Bertz CT molecular complexity index is 1040. The van der Waals surface area contributed by atoms with Crippen LogP contribution in [0.25, 0.3) is 10.9 Å². The Kier molecular flexibility index (Phi) is 4.46. The fourth-order valence-electron chi connectivity index (χ4n) is 2.42. The van der Waals surface area contributed by atoms with Crippen molar-refractivity contribution in [2.24, 2.45) is 0 Å². The first-order chi connectivity index (χ1) is 11.5. The Hall–Kier alpha value is -2.51. The lowest BCUT2D eigenvalue weighted by atomic mass is 10.2. The maximum absolute atomic E-state index is 12.3. The molecule has 0 spiro atoms. The van der Waals surface area contributed by atoms with Crippen molar-refractivity contribution in [2.75, 3.05) is 6.54 Å². The molecule has 2 aromatic carbocycles. The first-order valence-electron chi connectivity index (χ1n) is 7.50. The molecule has 0 aliphatic carbocycles. The largest absolute Gasteiger partial charge is 0.310 e. The molecule has 24 heavy (non-hydrogen) atoms. The van der Waals surface area contributed by atoms with Crippen LogP contribution in [0.3, 0.4) is 0 Å². The summed E-state index contributed by atoms with van der Waals surface area (Å²) in [7, 11) is -3.58. The van der Waals surface area contributed by atoms with Gasteiger partial charge in [-0.25, -0.2) is 18.1 Å². The monoisotopic (exact) mass is 343 g/mol. The van der Waals surface area contributed by atoms with Gasteiger partial charge in [-0.3, -0.25) is 4.79 Å². The van der Waals surface area contributed by atoms with E-state index in [0.29, 0.717) is 23.1 Å². The number of nitrogens with one attached hydrogen (secondary N) is 2. The molecule has 3 aromatic rings. The summed E-state index contributed by atoms with van der Waals surface area (Å²) in [5, 5.41) is 0.515. The van der Waals surface area contributed by atoms with E-state index >= 15 is 0 Å². The summed E-state index contributed by atoms with van der Waals surface area (Å²) >= 11 is 0. The van der Waals surface area contributed by atoms with Gasteiger partial charge >= 0.3 is 0 Å². The molecule has 2 N–H and O–H groups in total. The lowest BCUT2D eigenvalue weighted by molar-refractivity contribution is 0.581. The van der Waals surface area contributed by atoms with E-state index in [4.69, 9.17) is 0 Å². The van der Waals surface area contributed by atoms with Gasteiger partial charge in [-0.05, 0) is 36.8 Å². The number of hydrogen-bond donors (Lipinski definition) is 2. The normalized spacial score (nSPS) is 11.7. The van der Waals surface area contributed by atoms with Crippen molar-refractivity contribution in [3.63, 3.8) is 0 Å². The molecule has 124 valence electrons. The van der Waals surface area contributed by atoms with Gasteiger partial charge in [0.1, 0.15) is 5.82 Å². The minimum Gasteiger partial charge on any atom is -0.310 e. The van der Waals surface area contributed by atoms with Crippen LogP contribution in [0.5, 0.6) is 0 Å². The Morgan fingerprint density at radius 2 is 1.92 bits per heavy atom. The smallest absolute Gasteiger partial charge is 0.258 e. The molecule has 6 nitrogen and oxygen atoms in total. The van der Waals surface area contributed by atoms with E-state index < -0.39 is 10.0 Å². The van der Waals surface area contributed by atoms with Crippen LogP contribution in [0, 0.1) is 6.92 Å². The molecule has 0 amide bonds. The second kappa shape index (κ2) is 6.54. The van der Waals surface area contributed by atoms with Crippen molar-refractivity contribution in [2.45, 2.75) is 18.2 Å². The molecular formula is C17H17N3O3S. The SMILES string of the molecule is Cc1cccc(S(=O)(=O)NCCc2nc3ccccc3c(=O)[nH]2)c1. The van der Waals surface area contributed by atoms with Crippen LogP contribution in [-0.2, 0) is 16.4 Å². The summed E-state index contributed by atoms with van der Waals surface area (Å²) in [6.07, 6.45) is 0.297. The van der Waals surface area contributed by atoms with Crippen LogP contribution < -0.4 is 10.3 Å². The van der Waals surface area contributed by atoms with E-state index in [1.54, 1.807) is 42.5 Å². The summed E-state index contributed by atoms with van der Waals surface area (Å²) in [6.45, 7) is 1.99. The van der Waals surface area contributed by atoms with Crippen molar-refractivity contribution in [1.82, 2.24) is 14.7 Å². The quantitative estimate of drug-likeness (QED) is 0.738. The van der Waals surface area contributed by atoms with Crippen molar-refractivity contribution < 1.29 is 8.42 Å². The highest BCUT2D eigenvalue weighted by Gasteiger charge is 2.13. The molecule has 3 rings (SSSR count). The molecule has 0 unspecified atom stereocenters. The number of rotatable bonds is 5. The molecule has 0 atom stereocenters. The number of hydrogen-bond acceptors (Lipinski definition) is 4. The van der Waals surface area contributed by atoms with Gasteiger partial charge in [0, 0.05) is 13.0 Å². The second-order valence-corrected chi connectivity index (χ2v) is 7.26. The third-order valence-electron chi connectivity index (χ3n) is 3.62. The van der Waals surface area contributed by atoms with Gasteiger partial charge in [0.25, 0.3) is 5.56 Å². The number of para-hydroxylation sites is 1. The molecule has 0 fully saturated rings. The summed E-state index contributed by atoms with van der Waals surface area (Å²) in [5.74, 6) is 0.450. The van der Waals surface area contributed by atoms with E-state index in [9.17, 15) is 13.2 Å². The first-order valence-corrected chi connectivity index (χ1v) is 8.98. The van der Waals surface area contributed by atoms with Gasteiger partial charge < -0.3 is 4.98 Å². The minimum absolute atomic E-state index is 0.150. The average molecular weight is 343 g/mol. The van der Waals surface area contributed by atoms with Crippen molar-refractivity contribution in [1.29, 1.82) is 0 Å². The number of nitrogens with zero attached hydrogens (tertiary/aromatic N) is 1. The molecular weight excluding hydrogens is 326 g/mol. The molecule has 1 heterocycles. The highest BCUT2D eigenvalue weighted by molar-refractivity contribution is 7.89. The molecule has 0 aliphatic heterocycles. The molecule has 0 aliphatic rings. The summed E-state index contributed by atoms with van der Waals surface area (Å²) in [5.41, 5.74) is 1.24. The van der Waals surface area contributed by atoms with Crippen LogP contribution >= 0.6 is 0 Å². The Morgan fingerprint density at radius 1 is 1.12 bits per heavy atom. The van der Waals surface area contributed by atoms with Gasteiger partial charge in [0.05, 0.1) is 15.8 Å². The predicted octanol–water partition coefficient (Wildman–Crippen LogP) is 1.75. The summed E-state index contributed by atoms with van der Waals surface area (Å²) < 4.78 is 27.0. The molecule has 1 aromatic heterocycles. The second-order valence-electron chi connectivity index (χ2n) is 5.49. The van der Waals surface area contributed by atoms with Crippen molar-refractivity contribution in [3.8, 4) is 0 Å². The van der Waals surface area contributed by atoms with Gasteiger partial charge in [-0.1, -0.05) is 24.3 Å². The summed E-state index contributed by atoms with van der Waals surface area (Å²) in [4.78, 5) is 19.2. The zero-order valence-electron chi connectivity index (χ0n) is 13.1. The third-order valence-corrected chi connectivity index (χ3v) is 5.07. The van der Waals surface area contributed by atoms with Crippen molar-refractivity contribution >= 4 is 20.9 Å². The lowest BCUT2D eigenvalue weighted by Crippen LogP contribution is -2.27. The van der Waals surface area contributed by atoms with Crippen LogP contribution in [0.15, 0.2) is 58.2 Å². The van der Waals surface area contributed by atoms with E-state index in [1.165, 1.54) is 0 Å². The zero-order valence-corrected chi connectivity index (χ0v) is 13.9. The Balaban J connectivity index is 1.73. The van der Waals surface area contributed by atoms with Crippen LogP contribution in [0.1, 0.15) is 11.4 Å². The fourth-order valence-corrected chi connectivity index (χ4v) is 3.56. The van der Waals surface area contributed by atoms with E-state index in [2.05, 4.69) is 14.7 Å². The number of fused-ring (bicyclic) bond motifs is 1. The van der Waals surface area contributed by atoms with E-state index in [1.807, 2.05) is 13.0 Å². The zero-order chi connectivity index (χ0) is 17.2. The number of H-pyrrole nitrogens is 1. The van der Waals surface area contributed by atoms with Gasteiger partial charge in [-0.15, -0.1) is 0 Å². The molecule has 0 radical (unpaired) electrons. The number of sulfonamides is 1. The average Bonchev–Trinajstić information content (AvgIpc) is 2.55. The van der Waals surface area contributed by atoms with E-state index in [-0.39, 0.29) is 17.0 Å². The Labute approximate surface area is 139 Å².